The lowest BCUT2D eigenvalue weighted by Gasteiger charge is -2.11. The molecule has 0 aliphatic heterocycles. The van der Waals surface area contributed by atoms with Crippen LogP contribution in [0.2, 0.25) is 0 Å². The SMILES string of the molecule is CCCCCCCCC(=O)Nc1c(N)cc(C)cc1Br. The Bertz CT molecular complexity index is 423. The van der Waals surface area contributed by atoms with Crippen LogP contribution in [-0.4, -0.2) is 5.91 Å². The Kier molecular flexibility index (Phi) is 7.67. The van der Waals surface area contributed by atoms with Gasteiger partial charge in [0, 0.05) is 10.9 Å². The van der Waals surface area contributed by atoms with E-state index in [0.29, 0.717) is 17.8 Å². The summed E-state index contributed by atoms with van der Waals surface area (Å²) in [4.78, 5) is 11.9. The number of carbonyl (C=O) groups is 1. The summed E-state index contributed by atoms with van der Waals surface area (Å²) in [6.07, 6.45) is 7.66. The molecule has 1 rings (SSSR count). The largest absolute Gasteiger partial charge is 0.397 e. The molecule has 0 radical (unpaired) electrons. The zero-order valence-corrected chi connectivity index (χ0v) is 14.1. The third-order valence-corrected chi connectivity index (χ3v) is 3.91. The molecule has 0 heterocycles. The van der Waals surface area contributed by atoms with E-state index in [4.69, 9.17) is 5.73 Å². The molecule has 0 aromatic heterocycles. The van der Waals surface area contributed by atoms with Crippen molar-refractivity contribution in [2.75, 3.05) is 11.1 Å². The highest BCUT2D eigenvalue weighted by molar-refractivity contribution is 9.10. The monoisotopic (exact) mass is 340 g/mol. The van der Waals surface area contributed by atoms with Crippen LogP contribution in [0.4, 0.5) is 11.4 Å². The number of anilines is 2. The predicted octanol–water partition coefficient (Wildman–Crippen LogP) is 5.03. The van der Waals surface area contributed by atoms with Gasteiger partial charge in [0.15, 0.2) is 0 Å². The van der Waals surface area contributed by atoms with E-state index in [0.717, 1.165) is 22.9 Å². The van der Waals surface area contributed by atoms with E-state index in [2.05, 4.69) is 28.2 Å². The summed E-state index contributed by atoms with van der Waals surface area (Å²) < 4.78 is 0.839. The van der Waals surface area contributed by atoms with Crippen LogP contribution >= 0.6 is 15.9 Å². The van der Waals surface area contributed by atoms with Gasteiger partial charge in [-0.05, 0) is 47.0 Å². The van der Waals surface area contributed by atoms with E-state index >= 15 is 0 Å². The molecule has 0 aliphatic carbocycles. The van der Waals surface area contributed by atoms with Crippen LogP contribution in [0.15, 0.2) is 16.6 Å². The maximum atomic E-state index is 11.9. The zero-order chi connectivity index (χ0) is 15.0. The molecule has 1 aromatic rings. The molecule has 3 N–H and O–H groups in total. The topological polar surface area (TPSA) is 55.1 Å². The molecule has 1 amide bonds. The van der Waals surface area contributed by atoms with Crippen LogP contribution in [0.25, 0.3) is 0 Å². The number of nitrogen functional groups attached to an aromatic ring is 1. The molecule has 0 bridgehead atoms. The Morgan fingerprint density at radius 1 is 1.20 bits per heavy atom. The van der Waals surface area contributed by atoms with Crippen LogP contribution < -0.4 is 11.1 Å². The quantitative estimate of drug-likeness (QED) is 0.515. The van der Waals surface area contributed by atoms with Gasteiger partial charge in [0.1, 0.15) is 0 Å². The van der Waals surface area contributed by atoms with Crippen LogP contribution in [0.1, 0.15) is 57.4 Å². The minimum atomic E-state index is 0.0387. The molecule has 0 spiro atoms. The highest BCUT2D eigenvalue weighted by Crippen LogP contribution is 2.30. The first-order chi connectivity index (χ1) is 9.54. The maximum absolute atomic E-state index is 11.9. The fourth-order valence-corrected chi connectivity index (χ4v) is 2.86. The fraction of sp³-hybridized carbons (Fsp3) is 0.562. The maximum Gasteiger partial charge on any atom is 0.224 e. The van der Waals surface area contributed by atoms with Gasteiger partial charge in [0.05, 0.1) is 11.4 Å². The summed E-state index contributed by atoms with van der Waals surface area (Å²) in [6.45, 7) is 4.18. The smallest absolute Gasteiger partial charge is 0.224 e. The average Bonchev–Trinajstić information content (AvgIpc) is 2.38. The standard InChI is InChI=1S/C16H25BrN2O/c1-3-4-5-6-7-8-9-15(20)19-16-13(17)10-12(2)11-14(16)18/h10-11H,3-9,18H2,1-2H3,(H,19,20). The second-order valence-electron chi connectivity index (χ2n) is 5.28. The molecular weight excluding hydrogens is 316 g/mol. The number of unbranched alkanes of at least 4 members (excludes halogenated alkanes) is 5. The number of aryl methyl sites for hydroxylation is 1. The number of carbonyl (C=O) groups excluding carboxylic acids is 1. The third kappa shape index (κ3) is 5.95. The Morgan fingerprint density at radius 3 is 2.50 bits per heavy atom. The molecule has 3 nitrogen and oxygen atoms in total. The van der Waals surface area contributed by atoms with Gasteiger partial charge in [0.2, 0.25) is 5.91 Å². The molecule has 1 aromatic carbocycles. The third-order valence-electron chi connectivity index (χ3n) is 3.29. The van der Waals surface area contributed by atoms with E-state index in [1.807, 2.05) is 19.1 Å². The first-order valence-corrected chi connectivity index (χ1v) is 8.19. The number of amides is 1. The van der Waals surface area contributed by atoms with Gasteiger partial charge in [-0.1, -0.05) is 39.0 Å². The fourth-order valence-electron chi connectivity index (χ4n) is 2.17. The van der Waals surface area contributed by atoms with Crippen molar-refractivity contribution in [1.82, 2.24) is 0 Å². The molecule has 0 fully saturated rings. The summed E-state index contributed by atoms with van der Waals surface area (Å²) in [5.41, 5.74) is 8.30. The number of benzene rings is 1. The number of nitrogens with two attached hydrogens (primary N) is 1. The molecule has 0 aliphatic rings. The average molecular weight is 341 g/mol. The number of hydrogen-bond acceptors (Lipinski definition) is 2. The van der Waals surface area contributed by atoms with Crippen molar-refractivity contribution >= 4 is 33.2 Å². The Labute approximate surface area is 130 Å². The molecular formula is C16H25BrN2O. The normalized spacial score (nSPS) is 10.6. The van der Waals surface area contributed by atoms with E-state index in [1.165, 1.54) is 25.7 Å². The van der Waals surface area contributed by atoms with Gasteiger partial charge < -0.3 is 11.1 Å². The van der Waals surface area contributed by atoms with Crippen molar-refractivity contribution in [2.45, 2.75) is 58.8 Å². The Hall–Kier alpha value is -1.03. The van der Waals surface area contributed by atoms with Crippen LogP contribution in [0.3, 0.4) is 0 Å². The van der Waals surface area contributed by atoms with Crippen molar-refractivity contribution in [3.63, 3.8) is 0 Å². The van der Waals surface area contributed by atoms with Crippen molar-refractivity contribution in [3.05, 3.63) is 22.2 Å². The summed E-state index contributed by atoms with van der Waals surface area (Å²) in [5, 5.41) is 2.90. The van der Waals surface area contributed by atoms with Crippen molar-refractivity contribution in [1.29, 1.82) is 0 Å². The van der Waals surface area contributed by atoms with Gasteiger partial charge in [-0.15, -0.1) is 0 Å². The molecule has 0 atom stereocenters. The first-order valence-electron chi connectivity index (χ1n) is 7.40. The van der Waals surface area contributed by atoms with Gasteiger partial charge >= 0.3 is 0 Å². The van der Waals surface area contributed by atoms with Gasteiger partial charge in [-0.2, -0.15) is 0 Å². The van der Waals surface area contributed by atoms with E-state index in [9.17, 15) is 4.79 Å². The van der Waals surface area contributed by atoms with Crippen LogP contribution in [0.5, 0.6) is 0 Å². The number of halogens is 1. The lowest BCUT2D eigenvalue weighted by molar-refractivity contribution is -0.116. The van der Waals surface area contributed by atoms with E-state index in [1.54, 1.807) is 0 Å². The van der Waals surface area contributed by atoms with Gasteiger partial charge in [0.25, 0.3) is 0 Å². The highest BCUT2D eigenvalue weighted by Gasteiger charge is 2.09. The molecule has 0 unspecified atom stereocenters. The summed E-state index contributed by atoms with van der Waals surface area (Å²) >= 11 is 3.44. The Balaban J connectivity index is 2.36. The molecule has 0 saturated heterocycles. The lowest BCUT2D eigenvalue weighted by Crippen LogP contribution is -2.13. The second-order valence-corrected chi connectivity index (χ2v) is 6.13. The Morgan fingerprint density at radius 2 is 1.85 bits per heavy atom. The summed E-state index contributed by atoms with van der Waals surface area (Å²) in [7, 11) is 0. The number of nitrogens with one attached hydrogen (secondary N) is 1. The minimum Gasteiger partial charge on any atom is -0.397 e. The van der Waals surface area contributed by atoms with Crippen molar-refractivity contribution in [2.24, 2.45) is 0 Å². The summed E-state index contributed by atoms with van der Waals surface area (Å²) in [5.74, 6) is 0.0387. The predicted molar refractivity (Wildman–Crippen MR) is 89.9 cm³/mol. The van der Waals surface area contributed by atoms with Gasteiger partial charge in [-0.3, -0.25) is 4.79 Å². The summed E-state index contributed by atoms with van der Waals surface area (Å²) in [6, 6.07) is 3.82. The van der Waals surface area contributed by atoms with Crippen molar-refractivity contribution in [3.8, 4) is 0 Å². The number of hydrogen-bond donors (Lipinski definition) is 2. The minimum absolute atomic E-state index is 0.0387. The first kappa shape index (κ1) is 17.0. The molecule has 112 valence electrons. The molecule has 0 saturated carbocycles. The van der Waals surface area contributed by atoms with Gasteiger partial charge in [-0.25, -0.2) is 0 Å². The van der Waals surface area contributed by atoms with Crippen molar-refractivity contribution < 1.29 is 4.79 Å². The highest BCUT2D eigenvalue weighted by atomic mass is 79.9. The van der Waals surface area contributed by atoms with E-state index < -0.39 is 0 Å². The zero-order valence-electron chi connectivity index (χ0n) is 12.5. The van der Waals surface area contributed by atoms with Crippen LogP contribution in [-0.2, 0) is 4.79 Å². The molecule has 20 heavy (non-hydrogen) atoms. The lowest BCUT2D eigenvalue weighted by atomic mass is 10.1. The van der Waals surface area contributed by atoms with Crippen LogP contribution in [0, 0.1) is 6.92 Å². The number of rotatable bonds is 8. The van der Waals surface area contributed by atoms with E-state index in [-0.39, 0.29) is 5.91 Å². The second kappa shape index (κ2) is 9.01. The molecule has 4 heteroatoms.